The molecular formula is C27H37Cl2N5O. The van der Waals surface area contributed by atoms with Gasteiger partial charge in [0.15, 0.2) is 0 Å². The van der Waals surface area contributed by atoms with Crippen molar-refractivity contribution in [3.63, 3.8) is 0 Å². The van der Waals surface area contributed by atoms with E-state index in [0.29, 0.717) is 6.54 Å². The number of benzene rings is 2. The lowest BCUT2D eigenvalue weighted by Crippen LogP contribution is -2.46. The number of unbranched alkanes of at least 4 members (excludes halogenated alkanes) is 1. The lowest BCUT2D eigenvalue weighted by atomic mass is 10.1. The molecule has 190 valence electrons. The first kappa shape index (κ1) is 27.3. The molecular weight excluding hydrogens is 481 g/mol. The van der Waals surface area contributed by atoms with Crippen LogP contribution in [0.4, 0.5) is 5.69 Å². The SMILES string of the molecule is CCc1nn(CCCN2CCN(c3cccc(Cl)c3)CC2)c(=O)n1CCCCc1ccccc1.Cl. The van der Waals surface area contributed by atoms with Gasteiger partial charge in [0.25, 0.3) is 0 Å². The maximum absolute atomic E-state index is 13.0. The maximum Gasteiger partial charge on any atom is 0.345 e. The van der Waals surface area contributed by atoms with Crippen molar-refractivity contribution in [3.8, 4) is 0 Å². The summed E-state index contributed by atoms with van der Waals surface area (Å²) in [6, 6.07) is 18.6. The first-order valence-electron chi connectivity index (χ1n) is 12.6. The Balaban J connectivity index is 0.00000342. The average molecular weight is 519 g/mol. The van der Waals surface area contributed by atoms with Crippen LogP contribution in [-0.2, 0) is 25.9 Å². The van der Waals surface area contributed by atoms with Crippen LogP contribution in [0.1, 0.15) is 37.6 Å². The Kier molecular flexibility index (Phi) is 10.7. The van der Waals surface area contributed by atoms with Gasteiger partial charge in [-0.3, -0.25) is 9.47 Å². The molecule has 1 aliphatic rings. The number of aromatic nitrogens is 3. The zero-order valence-electron chi connectivity index (χ0n) is 20.6. The van der Waals surface area contributed by atoms with E-state index in [4.69, 9.17) is 11.6 Å². The fraction of sp³-hybridized carbons (Fsp3) is 0.481. The first-order valence-corrected chi connectivity index (χ1v) is 12.9. The number of hydrogen-bond donors (Lipinski definition) is 0. The summed E-state index contributed by atoms with van der Waals surface area (Å²) in [6.07, 6.45) is 4.84. The molecule has 3 aromatic rings. The topological polar surface area (TPSA) is 46.3 Å². The van der Waals surface area contributed by atoms with Gasteiger partial charge < -0.3 is 4.90 Å². The van der Waals surface area contributed by atoms with Gasteiger partial charge in [-0.15, -0.1) is 12.4 Å². The molecule has 1 fully saturated rings. The Hall–Kier alpha value is -2.28. The minimum atomic E-state index is 0. The molecule has 0 unspecified atom stereocenters. The number of rotatable bonds is 11. The second-order valence-electron chi connectivity index (χ2n) is 9.03. The molecule has 0 bridgehead atoms. The van der Waals surface area contributed by atoms with Gasteiger partial charge in [-0.25, -0.2) is 9.48 Å². The minimum Gasteiger partial charge on any atom is -0.369 e. The Morgan fingerprint density at radius 1 is 0.886 bits per heavy atom. The number of halogens is 2. The van der Waals surface area contributed by atoms with Crippen molar-refractivity contribution in [2.45, 2.75) is 52.1 Å². The third-order valence-electron chi connectivity index (χ3n) is 6.65. The van der Waals surface area contributed by atoms with Gasteiger partial charge in [-0.2, -0.15) is 5.10 Å². The second kappa shape index (κ2) is 13.7. The van der Waals surface area contributed by atoms with E-state index in [1.807, 2.05) is 28.8 Å². The molecule has 4 rings (SSSR count). The van der Waals surface area contributed by atoms with Crippen molar-refractivity contribution in [1.82, 2.24) is 19.2 Å². The van der Waals surface area contributed by atoms with Crippen molar-refractivity contribution in [2.24, 2.45) is 0 Å². The van der Waals surface area contributed by atoms with Crippen LogP contribution in [0.25, 0.3) is 0 Å². The van der Waals surface area contributed by atoms with E-state index in [1.54, 1.807) is 4.68 Å². The monoisotopic (exact) mass is 517 g/mol. The van der Waals surface area contributed by atoms with Gasteiger partial charge >= 0.3 is 5.69 Å². The van der Waals surface area contributed by atoms with Gasteiger partial charge in [0.05, 0.1) is 0 Å². The Morgan fingerprint density at radius 2 is 1.66 bits per heavy atom. The fourth-order valence-electron chi connectivity index (χ4n) is 4.71. The summed E-state index contributed by atoms with van der Waals surface area (Å²) >= 11 is 6.14. The molecule has 0 saturated carbocycles. The molecule has 35 heavy (non-hydrogen) atoms. The highest BCUT2D eigenvalue weighted by Gasteiger charge is 2.18. The summed E-state index contributed by atoms with van der Waals surface area (Å²) in [6.45, 7) is 8.54. The van der Waals surface area contributed by atoms with Crippen LogP contribution in [0.3, 0.4) is 0 Å². The Morgan fingerprint density at radius 3 is 2.37 bits per heavy atom. The van der Waals surface area contributed by atoms with E-state index in [9.17, 15) is 4.79 Å². The molecule has 8 heteroatoms. The molecule has 0 radical (unpaired) electrons. The zero-order valence-corrected chi connectivity index (χ0v) is 22.2. The fourth-order valence-corrected chi connectivity index (χ4v) is 4.89. The molecule has 2 heterocycles. The van der Waals surface area contributed by atoms with Gasteiger partial charge in [-0.1, -0.05) is 54.9 Å². The average Bonchev–Trinajstić information content (AvgIpc) is 3.17. The van der Waals surface area contributed by atoms with E-state index in [1.165, 1.54) is 11.3 Å². The van der Waals surface area contributed by atoms with Gasteiger partial charge in [0.2, 0.25) is 0 Å². The Bertz CT molecular complexity index is 1090. The van der Waals surface area contributed by atoms with Crippen LogP contribution in [0.5, 0.6) is 0 Å². The minimum absolute atomic E-state index is 0. The van der Waals surface area contributed by atoms with Crippen LogP contribution in [0.15, 0.2) is 59.4 Å². The summed E-state index contributed by atoms with van der Waals surface area (Å²) in [5, 5.41) is 5.42. The molecule has 0 aliphatic carbocycles. The smallest absolute Gasteiger partial charge is 0.345 e. The van der Waals surface area contributed by atoms with Crippen molar-refractivity contribution in [2.75, 3.05) is 37.6 Å². The van der Waals surface area contributed by atoms with Crippen molar-refractivity contribution >= 4 is 29.7 Å². The van der Waals surface area contributed by atoms with E-state index in [2.05, 4.69) is 52.2 Å². The second-order valence-corrected chi connectivity index (χ2v) is 9.47. The first-order chi connectivity index (χ1) is 16.6. The number of anilines is 1. The Labute approximate surface area is 219 Å². The number of aryl methyl sites for hydroxylation is 3. The summed E-state index contributed by atoms with van der Waals surface area (Å²) in [5.41, 5.74) is 2.59. The third kappa shape index (κ3) is 7.60. The number of nitrogens with zero attached hydrogens (tertiary/aromatic N) is 5. The number of hydrogen-bond acceptors (Lipinski definition) is 4. The molecule has 1 aliphatic heterocycles. The lowest BCUT2D eigenvalue weighted by molar-refractivity contribution is 0.248. The highest BCUT2D eigenvalue weighted by molar-refractivity contribution is 6.30. The summed E-state index contributed by atoms with van der Waals surface area (Å²) in [7, 11) is 0. The van der Waals surface area contributed by atoms with Gasteiger partial charge in [-0.05, 0) is 49.4 Å². The predicted molar refractivity (Wildman–Crippen MR) is 147 cm³/mol. The molecule has 1 saturated heterocycles. The van der Waals surface area contributed by atoms with Gasteiger partial charge in [0, 0.05) is 62.9 Å². The standard InChI is InChI=1S/C27H36ClN5O.ClH/c1-2-26-29-33(27(34)32(26)16-7-6-12-23-10-4-3-5-11-23)17-9-15-30-18-20-31(21-19-30)25-14-8-13-24(28)22-25;/h3-5,8,10-11,13-14,22H,2,6-7,9,12,15-21H2,1H3;1H. The zero-order chi connectivity index (χ0) is 23.8. The normalized spacial score (nSPS) is 14.2. The molecule has 0 amide bonds. The highest BCUT2D eigenvalue weighted by atomic mass is 35.5. The van der Waals surface area contributed by atoms with E-state index in [0.717, 1.165) is 82.2 Å². The maximum atomic E-state index is 13.0. The molecule has 2 aromatic carbocycles. The third-order valence-corrected chi connectivity index (χ3v) is 6.88. The van der Waals surface area contributed by atoms with Crippen LogP contribution in [-0.4, -0.2) is 52.0 Å². The summed E-state index contributed by atoms with van der Waals surface area (Å²) in [4.78, 5) is 17.8. The highest BCUT2D eigenvalue weighted by Crippen LogP contribution is 2.20. The molecule has 0 N–H and O–H groups in total. The van der Waals surface area contributed by atoms with Crippen LogP contribution >= 0.6 is 24.0 Å². The summed E-state index contributed by atoms with van der Waals surface area (Å²) in [5.74, 6) is 0.903. The van der Waals surface area contributed by atoms with E-state index in [-0.39, 0.29) is 18.1 Å². The van der Waals surface area contributed by atoms with Crippen molar-refractivity contribution in [3.05, 3.63) is 81.5 Å². The largest absolute Gasteiger partial charge is 0.369 e. The number of piperazine rings is 1. The van der Waals surface area contributed by atoms with Gasteiger partial charge in [0.1, 0.15) is 5.82 Å². The van der Waals surface area contributed by atoms with Crippen LogP contribution in [0, 0.1) is 0 Å². The summed E-state index contributed by atoms with van der Waals surface area (Å²) < 4.78 is 3.56. The molecule has 0 spiro atoms. The van der Waals surface area contributed by atoms with E-state index < -0.39 is 0 Å². The lowest BCUT2D eigenvalue weighted by Gasteiger charge is -2.36. The van der Waals surface area contributed by atoms with Crippen LogP contribution in [0.2, 0.25) is 5.02 Å². The predicted octanol–water partition coefficient (Wildman–Crippen LogP) is 4.92. The van der Waals surface area contributed by atoms with E-state index >= 15 is 0 Å². The van der Waals surface area contributed by atoms with Crippen molar-refractivity contribution < 1.29 is 0 Å². The molecule has 1 aromatic heterocycles. The van der Waals surface area contributed by atoms with Crippen LogP contribution < -0.4 is 10.6 Å². The van der Waals surface area contributed by atoms with Crippen molar-refractivity contribution in [1.29, 1.82) is 0 Å². The molecule has 6 nitrogen and oxygen atoms in total. The quantitative estimate of drug-likeness (QED) is 0.338. The molecule has 0 atom stereocenters.